The standard InChI is InChI=1S/C20H33N5O2.HI/c1-2-21-20(23-16-19(26)25-12-4-3-5-13-25)22-15-17(18-9-8-14-27-18)24-10-6-7-11-24;/h8-9,14,17H,2-7,10-13,15-16H2,1H3,(H2,21,22,23);1H. The predicted octanol–water partition coefficient (Wildman–Crippen LogP) is 2.60. The maximum atomic E-state index is 12.4. The summed E-state index contributed by atoms with van der Waals surface area (Å²) in [5.41, 5.74) is 0. The van der Waals surface area contributed by atoms with Crippen LogP contribution in [0.5, 0.6) is 0 Å². The maximum absolute atomic E-state index is 12.4. The molecule has 2 aliphatic rings. The quantitative estimate of drug-likeness (QED) is 0.340. The lowest BCUT2D eigenvalue weighted by molar-refractivity contribution is -0.130. The molecule has 1 aromatic heterocycles. The van der Waals surface area contributed by atoms with Crippen molar-refractivity contribution in [3.63, 3.8) is 0 Å². The van der Waals surface area contributed by atoms with E-state index in [4.69, 9.17) is 4.42 Å². The molecule has 0 radical (unpaired) electrons. The van der Waals surface area contributed by atoms with Crippen molar-refractivity contribution in [1.29, 1.82) is 0 Å². The zero-order valence-electron chi connectivity index (χ0n) is 16.9. The minimum Gasteiger partial charge on any atom is -0.468 e. The number of hydrogen-bond donors (Lipinski definition) is 2. The Morgan fingerprint density at radius 3 is 2.50 bits per heavy atom. The molecule has 1 amide bonds. The summed E-state index contributed by atoms with van der Waals surface area (Å²) in [5, 5.41) is 6.66. The number of guanidine groups is 1. The van der Waals surface area contributed by atoms with Gasteiger partial charge in [-0.05, 0) is 64.3 Å². The van der Waals surface area contributed by atoms with Gasteiger partial charge >= 0.3 is 0 Å². The number of likely N-dealkylation sites (tertiary alicyclic amines) is 2. The molecule has 2 aliphatic heterocycles. The van der Waals surface area contributed by atoms with Gasteiger partial charge in [-0.3, -0.25) is 9.69 Å². The molecule has 3 rings (SSSR count). The molecule has 1 unspecified atom stereocenters. The first-order valence-electron chi connectivity index (χ1n) is 10.4. The van der Waals surface area contributed by atoms with E-state index >= 15 is 0 Å². The van der Waals surface area contributed by atoms with Crippen molar-refractivity contribution in [3.05, 3.63) is 24.2 Å². The third kappa shape index (κ3) is 6.65. The van der Waals surface area contributed by atoms with Crippen molar-refractivity contribution >= 4 is 35.8 Å². The van der Waals surface area contributed by atoms with Crippen LogP contribution in [0.2, 0.25) is 0 Å². The molecular weight excluding hydrogens is 469 g/mol. The third-order valence-electron chi connectivity index (χ3n) is 5.34. The number of carbonyl (C=O) groups is 1. The fraction of sp³-hybridized carbons (Fsp3) is 0.700. The van der Waals surface area contributed by atoms with E-state index in [1.165, 1.54) is 19.3 Å². The van der Waals surface area contributed by atoms with Gasteiger partial charge in [-0.25, -0.2) is 4.99 Å². The number of halogens is 1. The number of rotatable bonds is 7. The van der Waals surface area contributed by atoms with Crippen LogP contribution in [0.15, 0.2) is 27.8 Å². The van der Waals surface area contributed by atoms with Gasteiger partial charge in [0.2, 0.25) is 5.91 Å². The highest BCUT2D eigenvalue weighted by Crippen LogP contribution is 2.24. The third-order valence-corrected chi connectivity index (χ3v) is 5.34. The highest BCUT2D eigenvalue weighted by Gasteiger charge is 2.25. The van der Waals surface area contributed by atoms with Gasteiger partial charge < -0.3 is 20.0 Å². The normalized spacial score (nSPS) is 19.2. The molecule has 158 valence electrons. The molecule has 1 aromatic rings. The number of nitrogens with zero attached hydrogens (tertiary/aromatic N) is 3. The molecule has 28 heavy (non-hydrogen) atoms. The molecule has 0 saturated carbocycles. The average molecular weight is 503 g/mol. The Hall–Kier alpha value is -1.29. The lowest BCUT2D eigenvalue weighted by Crippen LogP contribution is -2.43. The Labute approximate surface area is 185 Å². The molecule has 7 nitrogen and oxygen atoms in total. The van der Waals surface area contributed by atoms with E-state index in [1.807, 2.05) is 24.0 Å². The highest BCUT2D eigenvalue weighted by atomic mass is 127. The lowest BCUT2D eigenvalue weighted by Gasteiger charge is -2.27. The smallest absolute Gasteiger partial charge is 0.244 e. The molecule has 0 spiro atoms. The van der Waals surface area contributed by atoms with Crippen LogP contribution in [0, 0.1) is 0 Å². The Bertz CT molecular complexity index is 596. The monoisotopic (exact) mass is 503 g/mol. The highest BCUT2D eigenvalue weighted by molar-refractivity contribution is 14.0. The Kier molecular flexibility index (Phi) is 10.1. The van der Waals surface area contributed by atoms with E-state index in [0.717, 1.165) is 51.3 Å². The van der Waals surface area contributed by atoms with Gasteiger partial charge in [-0.15, -0.1) is 24.0 Å². The molecule has 0 aliphatic carbocycles. The van der Waals surface area contributed by atoms with Crippen LogP contribution in [-0.4, -0.2) is 67.5 Å². The number of aliphatic imine (C=N–C) groups is 1. The molecule has 3 heterocycles. The van der Waals surface area contributed by atoms with E-state index in [-0.39, 0.29) is 42.5 Å². The van der Waals surface area contributed by atoms with Crippen molar-refractivity contribution in [2.24, 2.45) is 4.99 Å². The van der Waals surface area contributed by atoms with E-state index in [1.54, 1.807) is 6.26 Å². The Morgan fingerprint density at radius 1 is 1.14 bits per heavy atom. The van der Waals surface area contributed by atoms with E-state index in [2.05, 4.69) is 20.5 Å². The van der Waals surface area contributed by atoms with Gasteiger partial charge in [0.15, 0.2) is 5.96 Å². The van der Waals surface area contributed by atoms with Crippen LogP contribution in [0.4, 0.5) is 0 Å². The molecule has 2 fully saturated rings. The SMILES string of the molecule is CCNC(=NCC(=O)N1CCCCC1)NCC(c1ccco1)N1CCCC1.I. The van der Waals surface area contributed by atoms with Gasteiger partial charge in [0, 0.05) is 26.2 Å². The number of furan rings is 1. The summed E-state index contributed by atoms with van der Waals surface area (Å²) in [6, 6.07) is 4.16. The topological polar surface area (TPSA) is 73.1 Å². The Morgan fingerprint density at radius 2 is 1.86 bits per heavy atom. The summed E-state index contributed by atoms with van der Waals surface area (Å²) in [6.07, 6.45) is 7.63. The van der Waals surface area contributed by atoms with E-state index < -0.39 is 0 Å². The molecule has 0 aromatic carbocycles. The number of piperidine rings is 1. The average Bonchev–Trinajstić information content (AvgIpc) is 3.41. The number of amides is 1. The fourth-order valence-electron chi connectivity index (χ4n) is 3.87. The molecule has 0 bridgehead atoms. The minimum atomic E-state index is 0. The van der Waals surface area contributed by atoms with Crippen LogP contribution in [0.25, 0.3) is 0 Å². The van der Waals surface area contributed by atoms with Gasteiger partial charge in [0.05, 0.1) is 12.3 Å². The van der Waals surface area contributed by atoms with Crippen molar-refractivity contribution in [3.8, 4) is 0 Å². The number of hydrogen-bond acceptors (Lipinski definition) is 4. The summed E-state index contributed by atoms with van der Waals surface area (Å²) >= 11 is 0. The Balaban J connectivity index is 0.00000280. The second-order valence-corrected chi connectivity index (χ2v) is 7.29. The van der Waals surface area contributed by atoms with Gasteiger partial charge in [-0.2, -0.15) is 0 Å². The van der Waals surface area contributed by atoms with Crippen LogP contribution in [0.1, 0.15) is 50.8 Å². The van der Waals surface area contributed by atoms with Crippen molar-refractivity contribution < 1.29 is 9.21 Å². The van der Waals surface area contributed by atoms with E-state index in [9.17, 15) is 4.79 Å². The van der Waals surface area contributed by atoms with Gasteiger partial charge in [0.1, 0.15) is 12.3 Å². The summed E-state index contributed by atoms with van der Waals surface area (Å²) in [6.45, 7) is 7.62. The maximum Gasteiger partial charge on any atom is 0.244 e. The first-order valence-corrected chi connectivity index (χ1v) is 10.4. The fourth-order valence-corrected chi connectivity index (χ4v) is 3.87. The molecule has 2 saturated heterocycles. The number of carbonyl (C=O) groups excluding carboxylic acids is 1. The second kappa shape index (κ2) is 12.3. The summed E-state index contributed by atoms with van der Waals surface area (Å²) in [7, 11) is 0. The first-order chi connectivity index (χ1) is 13.3. The lowest BCUT2D eigenvalue weighted by atomic mass is 10.1. The van der Waals surface area contributed by atoms with Crippen LogP contribution in [-0.2, 0) is 4.79 Å². The van der Waals surface area contributed by atoms with Gasteiger partial charge in [-0.1, -0.05) is 0 Å². The van der Waals surface area contributed by atoms with Crippen molar-refractivity contribution in [2.75, 3.05) is 45.8 Å². The largest absolute Gasteiger partial charge is 0.468 e. The summed E-state index contributed by atoms with van der Waals surface area (Å²) in [4.78, 5) is 21.3. The van der Waals surface area contributed by atoms with Gasteiger partial charge in [0.25, 0.3) is 0 Å². The zero-order valence-corrected chi connectivity index (χ0v) is 19.2. The molecule has 1 atom stereocenters. The predicted molar refractivity (Wildman–Crippen MR) is 122 cm³/mol. The minimum absolute atomic E-state index is 0. The van der Waals surface area contributed by atoms with Crippen LogP contribution in [0.3, 0.4) is 0 Å². The molecular formula is C20H34IN5O2. The zero-order chi connectivity index (χ0) is 18.9. The van der Waals surface area contributed by atoms with Crippen molar-refractivity contribution in [1.82, 2.24) is 20.4 Å². The molecule has 8 heteroatoms. The van der Waals surface area contributed by atoms with Crippen LogP contribution >= 0.6 is 24.0 Å². The second-order valence-electron chi connectivity index (χ2n) is 7.29. The van der Waals surface area contributed by atoms with Crippen molar-refractivity contribution in [2.45, 2.75) is 45.1 Å². The summed E-state index contributed by atoms with van der Waals surface area (Å²) < 4.78 is 5.68. The van der Waals surface area contributed by atoms with E-state index in [0.29, 0.717) is 12.5 Å². The first kappa shape index (κ1) is 23.0. The number of nitrogens with one attached hydrogen (secondary N) is 2. The molecule has 2 N–H and O–H groups in total. The van der Waals surface area contributed by atoms with Crippen LogP contribution < -0.4 is 10.6 Å². The summed E-state index contributed by atoms with van der Waals surface area (Å²) in [5.74, 6) is 1.79.